The van der Waals surface area contributed by atoms with E-state index in [1.165, 1.54) is 0 Å². The third kappa shape index (κ3) is 4.02. The number of hydrogen-bond donors (Lipinski definition) is 1. The van der Waals surface area contributed by atoms with E-state index in [-0.39, 0.29) is 18.1 Å². The predicted molar refractivity (Wildman–Crippen MR) is 76.9 cm³/mol. The molecule has 0 radical (unpaired) electrons. The van der Waals surface area contributed by atoms with Crippen molar-refractivity contribution in [3.05, 3.63) is 65.2 Å². The van der Waals surface area contributed by atoms with Gasteiger partial charge >= 0.3 is 0 Å². The predicted octanol–water partition coefficient (Wildman–Crippen LogP) is 4.23. The van der Waals surface area contributed by atoms with Gasteiger partial charge in [0.15, 0.2) is 0 Å². The molecule has 0 fully saturated rings. The van der Waals surface area contributed by atoms with E-state index in [0.717, 1.165) is 23.8 Å². The number of ether oxygens (including phenoxy) is 1. The van der Waals surface area contributed by atoms with Crippen molar-refractivity contribution in [2.24, 2.45) is 5.92 Å². The molecule has 1 atom stereocenters. The van der Waals surface area contributed by atoms with E-state index in [9.17, 15) is 13.9 Å². The fraction of sp³-hybridized carbons (Fsp3) is 0.294. The minimum atomic E-state index is -0.528. The number of halogens is 2. The molecular weight excluding hydrogens is 274 g/mol. The van der Waals surface area contributed by atoms with E-state index in [1.807, 2.05) is 13.8 Å². The van der Waals surface area contributed by atoms with Crippen LogP contribution >= 0.6 is 0 Å². The van der Waals surface area contributed by atoms with Gasteiger partial charge in [0, 0.05) is 5.56 Å². The average Bonchev–Trinajstić information content (AvgIpc) is 2.48. The summed E-state index contributed by atoms with van der Waals surface area (Å²) in [6.07, 6.45) is -0.528. The fourth-order valence-corrected chi connectivity index (χ4v) is 1.96. The van der Waals surface area contributed by atoms with Gasteiger partial charge in [-0.25, -0.2) is 8.78 Å². The zero-order chi connectivity index (χ0) is 15.4. The SMILES string of the molecule is CC(C)C(O)c1ccc(OCc2cc(F)ccc2F)cc1. The Kier molecular flexibility index (Phi) is 4.91. The van der Waals surface area contributed by atoms with Crippen molar-refractivity contribution in [2.75, 3.05) is 0 Å². The molecule has 2 rings (SSSR count). The fourth-order valence-electron chi connectivity index (χ4n) is 1.96. The van der Waals surface area contributed by atoms with Crippen LogP contribution in [-0.2, 0) is 6.61 Å². The van der Waals surface area contributed by atoms with Crippen molar-refractivity contribution in [2.45, 2.75) is 26.6 Å². The molecular formula is C17H18F2O2. The topological polar surface area (TPSA) is 29.5 Å². The van der Waals surface area contributed by atoms with Gasteiger partial charge in [0.1, 0.15) is 24.0 Å². The minimum absolute atomic E-state index is 0.0460. The number of benzene rings is 2. The molecule has 1 N–H and O–H groups in total. The van der Waals surface area contributed by atoms with Crippen LogP contribution in [0.2, 0.25) is 0 Å². The molecule has 0 saturated heterocycles. The summed E-state index contributed by atoms with van der Waals surface area (Å²) < 4.78 is 31.9. The van der Waals surface area contributed by atoms with Crippen molar-refractivity contribution in [1.82, 2.24) is 0 Å². The zero-order valence-electron chi connectivity index (χ0n) is 12.0. The van der Waals surface area contributed by atoms with E-state index in [1.54, 1.807) is 24.3 Å². The standard InChI is InChI=1S/C17H18F2O2/c1-11(2)17(20)12-3-6-15(7-4-12)21-10-13-9-14(18)5-8-16(13)19/h3-9,11,17,20H,10H2,1-2H3. The largest absolute Gasteiger partial charge is 0.489 e. The number of rotatable bonds is 5. The normalized spacial score (nSPS) is 12.5. The summed E-state index contributed by atoms with van der Waals surface area (Å²) in [5, 5.41) is 9.93. The van der Waals surface area contributed by atoms with E-state index in [4.69, 9.17) is 4.74 Å². The van der Waals surface area contributed by atoms with Crippen molar-refractivity contribution in [1.29, 1.82) is 0 Å². The van der Waals surface area contributed by atoms with Gasteiger partial charge in [0.25, 0.3) is 0 Å². The highest BCUT2D eigenvalue weighted by Crippen LogP contribution is 2.24. The molecule has 0 heterocycles. The third-order valence-corrected chi connectivity index (χ3v) is 3.26. The molecule has 21 heavy (non-hydrogen) atoms. The summed E-state index contributed by atoms with van der Waals surface area (Å²) in [6.45, 7) is 3.82. The molecule has 112 valence electrons. The summed E-state index contributed by atoms with van der Waals surface area (Å²) >= 11 is 0. The Hall–Kier alpha value is -1.94. The van der Waals surface area contributed by atoms with Crippen LogP contribution in [0, 0.1) is 17.6 Å². The van der Waals surface area contributed by atoms with Gasteiger partial charge < -0.3 is 9.84 Å². The van der Waals surface area contributed by atoms with E-state index in [2.05, 4.69) is 0 Å². The maximum absolute atomic E-state index is 13.5. The Morgan fingerprint density at radius 2 is 1.71 bits per heavy atom. The smallest absolute Gasteiger partial charge is 0.130 e. The summed E-state index contributed by atoms with van der Waals surface area (Å²) in [7, 11) is 0. The number of aliphatic hydroxyl groups excluding tert-OH is 1. The van der Waals surface area contributed by atoms with Crippen LogP contribution < -0.4 is 4.74 Å². The Balaban J connectivity index is 2.02. The summed E-state index contributed by atoms with van der Waals surface area (Å²) in [6, 6.07) is 10.2. The molecule has 2 nitrogen and oxygen atoms in total. The first-order valence-electron chi connectivity index (χ1n) is 6.82. The first-order valence-corrected chi connectivity index (χ1v) is 6.82. The number of hydrogen-bond acceptors (Lipinski definition) is 2. The Morgan fingerprint density at radius 1 is 1.05 bits per heavy atom. The second kappa shape index (κ2) is 6.68. The molecule has 0 bridgehead atoms. The van der Waals surface area contributed by atoms with Crippen molar-refractivity contribution >= 4 is 0 Å². The molecule has 0 aliphatic carbocycles. The average molecular weight is 292 g/mol. The molecule has 0 aromatic heterocycles. The monoisotopic (exact) mass is 292 g/mol. The van der Waals surface area contributed by atoms with Gasteiger partial charge in [-0.1, -0.05) is 26.0 Å². The lowest BCUT2D eigenvalue weighted by Crippen LogP contribution is -2.05. The van der Waals surface area contributed by atoms with E-state index in [0.29, 0.717) is 5.75 Å². The second-order valence-electron chi connectivity index (χ2n) is 5.28. The van der Waals surface area contributed by atoms with Gasteiger partial charge in [0.2, 0.25) is 0 Å². The third-order valence-electron chi connectivity index (χ3n) is 3.26. The highest BCUT2D eigenvalue weighted by molar-refractivity contribution is 5.29. The van der Waals surface area contributed by atoms with E-state index < -0.39 is 17.7 Å². The lowest BCUT2D eigenvalue weighted by molar-refractivity contribution is 0.127. The van der Waals surface area contributed by atoms with Gasteiger partial charge in [-0.05, 0) is 41.8 Å². The summed E-state index contributed by atoms with van der Waals surface area (Å²) in [5.41, 5.74) is 0.968. The van der Waals surface area contributed by atoms with Gasteiger partial charge in [-0.15, -0.1) is 0 Å². The van der Waals surface area contributed by atoms with Crippen LogP contribution in [0.1, 0.15) is 31.1 Å². The molecule has 0 aliphatic rings. The first-order chi connectivity index (χ1) is 9.97. The van der Waals surface area contributed by atoms with Crippen molar-refractivity contribution in [3.8, 4) is 5.75 Å². The molecule has 4 heteroatoms. The molecule has 0 saturated carbocycles. The van der Waals surface area contributed by atoms with Crippen LogP contribution in [0.5, 0.6) is 5.75 Å². The van der Waals surface area contributed by atoms with Crippen LogP contribution in [0.25, 0.3) is 0 Å². The maximum Gasteiger partial charge on any atom is 0.130 e. The quantitative estimate of drug-likeness (QED) is 0.893. The number of aliphatic hydroxyl groups is 1. The lowest BCUT2D eigenvalue weighted by atomic mass is 9.99. The zero-order valence-corrected chi connectivity index (χ0v) is 12.0. The van der Waals surface area contributed by atoms with Crippen molar-refractivity contribution < 1.29 is 18.6 Å². The van der Waals surface area contributed by atoms with Crippen molar-refractivity contribution in [3.63, 3.8) is 0 Å². The molecule has 2 aromatic carbocycles. The van der Waals surface area contributed by atoms with Gasteiger partial charge in [-0.3, -0.25) is 0 Å². The molecule has 2 aromatic rings. The Morgan fingerprint density at radius 3 is 2.33 bits per heavy atom. The van der Waals surface area contributed by atoms with Gasteiger partial charge in [0.05, 0.1) is 6.10 Å². The highest BCUT2D eigenvalue weighted by atomic mass is 19.1. The minimum Gasteiger partial charge on any atom is -0.489 e. The van der Waals surface area contributed by atoms with E-state index >= 15 is 0 Å². The van der Waals surface area contributed by atoms with Crippen LogP contribution in [-0.4, -0.2) is 5.11 Å². The summed E-state index contributed by atoms with van der Waals surface area (Å²) in [4.78, 5) is 0. The Bertz CT molecular complexity index is 594. The van der Waals surface area contributed by atoms with Crippen LogP contribution in [0.3, 0.4) is 0 Å². The molecule has 1 unspecified atom stereocenters. The molecule has 0 spiro atoms. The first kappa shape index (κ1) is 15.4. The maximum atomic E-state index is 13.5. The molecule has 0 aliphatic heterocycles. The molecule has 0 amide bonds. The highest BCUT2D eigenvalue weighted by Gasteiger charge is 2.11. The van der Waals surface area contributed by atoms with Gasteiger partial charge in [-0.2, -0.15) is 0 Å². The second-order valence-corrected chi connectivity index (χ2v) is 5.28. The van der Waals surface area contributed by atoms with Crippen LogP contribution in [0.4, 0.5) is 8.78 Å². The van der Waals surface area contributed by atoms with Crippen LogP contribution in [0.15, 0.2) is 42.5 Å². The lowest BCUT2D eigenvalue weighted by Gasteiger charge is -2.15. The summed E-state index contributed by atoms with van der Waals surface area (Å²) in [5.74, 6) is -0.329. The Labute approximate surface area is 123 Å².